The molecule has 1 rings (SSSR count). The van der Waals surface area contributed by atoms with Gasteiger partial charge in [0.15, 0.2) is 0 Å². The van der Waals surface area contributed by atoms with Gasteiger partial charge in [0.2, 0.25) is 0 Å². The minimum atomic E-state index is -1.36. The second-order valence-electron chi connectivity index (χ2n) is 4.30. The van der Waals surface area contributed by atoms with Crippen molar-refractivity contribution >= 4 is 17.7 Å². The van der Waals surface area contributed by atoms with Crippen molar-refractivity contribution in [2.75, 3.05) is 0 Å². The van der Waals surface area contributed by atoms with Crippen LogP contribution >= 0.6 is 0 Å². The first-order valence-electron chi connectivity index (χ1n) is 6.20. The zero-order chi connectivity index (χ0) is 15.1. The van der Waals surface area contributed by atoms with Gasteiger partial charge in [-0.1, -0.05) is 37.3 Å². The van der Waals surface area contributed by atoms with Crippen LogP contribution in [-0.2, 0) is 20.8 Å². The number of hydrogen-bond acceptors (Lipinski definition) is 3. The molecule has 1 aromatic rings. The summed E-state index contributed by atoms with van der Waals surface area (Å²) in [4.78, 5) is 33.9. The summed E-state index contributed by atoms with van der Waals surface area (Å²) in [6.45, 7) is 1.61. The molecule has 5 nitrogen and oxygen atoms in total. The van der Waals surface area contributed by atoms with Gasteiger partial charge < -0.3 is 10.2 Å². The van der Waals surface area contributed by atoms with Crippen LogP contribution in [0.1, 0.15) is 25.3 Å². The molecule has 0 aromatic heterocycles. The Bertz CT molecular complexity index is 543. The third-order valence-electron chi connectivity index (χ3n) is 2.87. The fourth-order valence-electron chi connectivity index (χ4n) is 1.74. The SMILES string of the molecule is CCC(=O)C/C(C(=O)O)=C(/Cc1ccccc1)C(=O)O. The van der Waals surface area contributed by atoms with Crippen molar-refractivity contribution in [3.05, 3.63) is 47.0 Å². The van der Waals surface area contributed by atoms with Gasteiger partial charge in [-0.2, -0.15) is 0 Å². The molecule has 0 saturated carbocycles. The van der Waals surface area contributed by atoms with E-state index in [1.165, 1.54) is 0 Å². The third kappa shape index (κ3) is 4.35. The van der Waals surface area contributed by atoms with Gasteiger partial charge in [-0.25, -0.2) is 9.59 Å². The van der Waals surface area contributed by atoms with Crippen molar-refractivity contribution in [3.63, 3.8) is 0 Å². The van der Waals surface area contributed by atoms with Gasteiger partial charge in [0.05, 0.1) is 11.1 Å². The number of ketones is 1. The first-order valence-corrected chi connectivity index (χ1v) is 6.20. The summed E-state index contributed by atoms with van der Waals surface area (Å²) in [5.74, 6) is -2.97. The second-order valence-corrected chi connectivity index (χ2v) is 4.30. The normalized spacial score (nSPS) is 11.7. The highest BCUT2D eigenvalue weighted by molar-refractivity contribution is 6.02. The molecule has 0 aliphatic heterocycles. The van der Waals surface area contributed by atoms with Gasteiger partial charge >= 0.3 is 11.9 Å². The first-order chi connectivity index (χ1) is 9.45. The van der Waals surface area contributed by atoms with E-state index in [-0.39, 0.29) is 36.2 Å². The predicted octanol–water partition coefficient (Wildman–Crippen LogP) is 2.06. The van der Waals surface area contributed by atoms with Crippen molar-refractivity contribution < 1.29 is 24.6 Å². The van der Waals surface area contributed by atoms with Crippen molar-refractivity contribution in [2.24, 2.45) is 0 Å². The van der Waals surface area contributed by atoms with Crippen molar-refractivity contribution in [1.82, 2.24) is 0 Å². The highest BCUT2D eigenvalue weighted by Crippen LogP contribution is 2.17. The fourth-order valence-corrected chi connectivity index (χ4v) is 1.74. The standard InChI is InChI=1S/C15H16O5/c1-2-11(16)9-13(15(19)20)12(14(17)18)8-10-6-4-3-5-7-10/h3-7H,2,8-9H2,1H3,(H,17,18)(H,19,20)/b13-12+. The van der Waals surface area contributed by atoms with E-state index < -0.39 is 11.9 Å². The first kappa shape index (κ1) is 15.6. The highest BCUT2D eigenvalue weighted by Gasteiger charge is 2.22. The average Bonchev–Trinajstić information content (AvgIpc) is 2.42. The molecule has 0 spiro atoms. The molecule has 5 heteroatoms. The Balaban J connectivity index is 3.17. The van der Waals surface area contributed by atoms with E-state index >= 15 is 0 Å². The lowest BCUT2D eigenvalue weighted by atomic mass is 9.96. The summed E-state index contributed by atoms with van der Waals surface area (Å²) in [5, 5.41) is 18.3. The highest BCUT2D eigenvalue weighted by atomic mass is 16.4. The molecule has 0 bridgehead atoms. The lowest BCUT2D eigenvalue weighted by Crippen LogP contribution is -2.16. The molecule has 0 heterocycles. The number of hydrogen-bond donors (Lipinski definition) is 2. The number of Topliss-reactive ketones (excluding diaryl/α,β-unsaturated/α-hetero) is 1. The van der Waals surface area contributed by atoms with Crippen LogP contribution in [-0.4, -0.2) is 27.9 Å². The lowest BCUT2D eigenvalue weighted by molar-refractivity contribution is -0.136. The molecule has 0 fully saturated rings. The van der Waals surface area contributed by atoms with Crippen LogP contribution in [0.15, 0.2) is 41.5 Å². The van der Waals surface area contributed by atoms with Crippen LogP contribution in [0.2, 0.25) is 0 Å². The van der Waals surface area contributed by atoms with Crippen LogP contribution in [0.3, 0.4) is 0 Å². The zero-order valence-corrected chi connectivity index (χ0v) is 11.1. The van der Waals surface area contributed by atoms with E-state index in [4.69, 9.17) is 5.11 Å². The monoisotopic (exact) mass is 276 g/mol. The predicted molar refractivity (Wildman–Crippen MR) is 72.4 cm³/mol. The van der Waals surface area contributed by atoms with E-state index in [2.05, 4.69) is 0 Å². The molecule has 0 radical (unpaired) electrons. The number of benzene rings is 1. The van der Waals surface area contributed by atoms with E-state index in [1.54, 1.807) is 37.3 Å². The third-order valence-corrected chi connectivity index (χ3v) is 2.87. The summed E-state index contributed by atoms with van der Waals surface area (Å²) in [5.41, 5.74) is 0.103. The molecule has 1 aromatic carbocycles. The largest absolute Gasteiger partial charge is 0.478 e. The second kappa shape index (κ2) is 7.23. The van der Waals surface area contributed by atoms with Gasteiger partial charge in [-0.3, -0.25) is 4.79 Å². The number of carboxylic acids is 2. The Labute approximate surface area is 116 Å². The zero-order valence-electron chi connectivity index (χ0n) is 11.1. The maximum atomic E-state index is 11.4. The Morgan fingerprint density at radius 3 is 1.95 bits per heavy atom. The summed E-state index contributed by atoms with van der Waals surface area (Å²) < 4.78 is 0. The number of aliphatic carboxylic acids is 2. The molecule has 0 saturated heterocycles. The molecule has 0 unspecified atom stereocenters. The minimum Gasteiger partial charge on any atom is -0.478 e. The molecule has 2 N–H and O–H groups in total. The summed E-state index contributed by atoms with van der Waals surface area (Å²) >= 11 is 0. The average molecular weight is 276 g/mol. The maximum Gasteiger partial charge on any atom is 0.332 e. The van der Waals surface area contributed by atoms with E-state index in [9.17, 15) is 19.5 Å². The Morgan fingerprint density at radius 1 is 0.950 bits per heavy atom. The number of rotatable bonds is 7. The maximum absolute atomic E-state index is 11.4. The van der Waals surface area contributed by atoms with Gasteiger partial charge in [0.1, 0.15) is 5.78 Å². The topological polar surface area (TPSA) is 91.7 Å². The molecular formula is C15H16O5. The Morgan fingerprint density at radius 2 is 1.50 bits per heavy atom. The van der Waals surface area contributed by atoms with E-state index in [0.717, 1.165) is 0 Å². The van der Waals surface area contributed by atoms with Gasteiger partial charge in [-0.15, -0.1) is 0 Å². The molecule has 0 aliphatic rings. The van der Waals surface area contributed by atoms with Gasteiger partial charge in [-0.05, 0) is 5.56 Å². The fraction of sp³-hybridized carbons (Fsp3) is 0.267. The van der Waals surface area contributed by atoms with Crippen LogP contribution in [0.5, 0.6) is 0 Å². The van der Waals surface area contributed by atoms with Crippen LogP contribution < -0.4 is 0 Å². The molecule has 0 aliphatic carbocycles. The van der Waals surface area contributed by atoms with E-state index in [0.29, 0.717) is 5.56 Å². The molecule has 0 atom stereocenters. The number of carbonyl (C=O) groups is 3. The number of carbonyl (C=O) groups excluding carboxylic acids is 1. The van der Waals surface area contributed by atoms with Gasteiger partial charge in [0, 0.05) is 19.3 Å². The van der Waals surface area contributed by atoms with Crippen molar-refractivity contribution in [3.8, 4) is 0 Å². The summed E-state index contributed by atoms with van der Waals surface area (Å²) in [6, 6.07) is 8.69. The van der Waals surface area contributed by atoms with Crippen LogP contribution in [0.4, 0.5) is 0 Å². The van der Waals surface area contributed by atoms with Gasteiger partial charge in [0.25, 0.3) is 0 Å². The van der Waals surface area contributed by atoms with Crippen molar-refractivity contribution in [1.29, 1.82) is 0 Å². The van der Waals surface area contributed by atoms with E-state index in [1.807, 2.05) is 0 Å². The summed E-state index contributed by atoms with van der Waals surface area (Å²) in [7, 11) is 0. The smallest absolute Gasteiger partial charge is 0.332 e. The Kier molecular flexibility index (Phi) is 5.65. The minimum absolute atomic E-state index is 0.0190. The lowest BCUT2D eigenvalue weighted by Gasteiger charge is -2.08. The van der Waals surface area contributed by atoms with Crippen LogP contribution in [0, 0.1) is 0 Å². The molecule has 20 heavy (non-hydrogen) atoms. The van der Waals surface area contributed by atoms with Crippen molar-refractivity contribution in [2.45, 2.75) is 26.2 Å². The quantitative estimate of drug-likeness (QED) is 0.744. The van der Waals surface area contributed by atoms with Crippen LogP contribution in [0.25, 0.3) is 0 Å². The molecule has 0 amide bonds. The Hall–Kier alpha value is -2.43. The molecule has 106 valence electrons. The number of carboxylic acid groups (broad SMARTS) is 2. The molecular weight excluding hydrogens is 260 g/mol. The summed E-state index contributed by atoms with van der Waals surface area (Å²) in [6.07, 6.45) is -0.204.